The molecule has 0 spiro atoms. The molecule has 5 heteroatoms. The first kappa shape index (κ1) is 17.6. The van der Waals surface area contributed by atoms with E-state index in [9.17, 15) is 14.4 Å². The van der Waals surface area contributed by atoms with Crippen molar-refractivity contribution in [1.29, 1.82) is 0 Å². The van der Waals surface area contributed by atoms with Crippen LogP contribution in [0.25, 0.3) is 6.08 Å². The third kappa shape index (κ3) is 3.88. The average Bonchev–Trinajstić information content (AvgIpc) is 3.12. The lowest BCUT2D eigenvalue weighted by Gasteiger charge is -2.16. The van der Waals surface area contributed by atoms with Crippen molar-refractivity contribution in [1.82, 2.24) is 0 Å². The van der Waals surface area contributed by atoms with Crippen molar-refractivity contribution in [2.45, 2.75) is 12.8 Å². The fourth-order valence-corrected chi connectivity index (χ4v) is 2.86. The van der Waals surface area contributed by atoms with Crippen LogP contribution in [0.2, 0.25) is 0 Å². The van der Waals surface area contributed by atoms with Gasteiger partial charge in [-0.05, 0) is 42.3 Å². The van der Waals surface area contributed by atoms with Gasteiger partial charge in [0, 0.05) is 24.2 Å². The first-order chi connectivity index (χ1) is 12.6. The van der Waals surface area contributed by atoms with Gasteiger partial charge in [0.1, 0.15) is 0 Å². The number of esters is 1. The number of ketones is 1. The molecule has 2 aromatic carbocycles. The maximum atomic E-state index is 12.4. The maximum absolute atomic E-state index is 12.4. The first-order valence-electron chi connectivity index (χ1n) is 8.40. The minimum Gasteiger partial charge on any atom is -0.465 e. The van der Waals surface area contributed by atoms with E-state index in [1.807, 2.05) is 6.07 Å². The van der Waals surface area contributed by atoms with Gasteiger partial charge in [0.25, 0.3) is 0 Å². The molecule has 3 rings (SSSR count). The summed E-state index contributed by atoms with van der Waals surface area (Å²) in [5.41, 5.74) is 2.55. The number of hydrogen-bond acceptors (Lipinski definition) is 4. The molecule has 132 valence electrons. The molecule has 0 saturated carbocycles. The van der Waals surface area contributed by atoms with E-state index in [0.717, 1.165) is 17.7 Å². The molecular weight excluding hydrogens is 330 g/mol. The molecule has 1 saturated heterocycles. The monoisotopic (exact) mass is 349 g/mol. The summed E-state index contributed by atoms with van der Waals surface area (Å²) < 4.78 is 4.65. The Labute approximate surface area is 151 Å². The van der Waals surface area contributed by atoms with Crippen LogP contribution in [0.1, 0.15) is 39.1 Å². The van der Waals surface area contributed by atoms with Crippen molar-refractivity contribution in [3.05, 3.63) is 71.3 Å². The van der Waals surface area contributed by atoms with E-state index in [2.05, 4.69) is 4.74 Å². The van der Waals surface area contributed by atoms with Crippen LogP contribution in [0.5, 0.6) is 0 Å². The Morgan fingerprint density at radius 2 is 1.85 bits per heavy atom. The molecule has 1 amide bonds. The maximum Gasteiger partial charge on any atom is 0.337 e. The van der Waals surface area contributed by atoms with Gasteiger partial charge in [0.05, 0.1) is 12.7 Å². The van der Waals surface area contributed by atoms with Gasteiger partial charge in [-0.1, -0.05) is 30.3 Å². The SMILES string of the molecule is COC(=O)c1ccc(C=CC(=O)c2cccc(N3CCCC3=O)c2)cc1. The van der Waals surface area contributed by atoms with Gasteiger partial charge in [-0.2, -0.15) is 0 Å². The molecule has 5 nitrogen and oxygen atoms in total. The molecule has 0 aromatic heterocycles. The Morgan fingerprint density at radius 1 is 1.08 bits per heavy atom. The van der Waals surface area contributed by atoms with Crippen molar-refractivity contribution < 1.29 is 19.1 Å². The van der Waals surface area contributed by atoms with Gasteiger partial charge < -0.3 is 9.64 Å². The Morgan fingerprint density at radius 3 is 2.50 bits per heavy atom. The number of benzene rings is 2. The Hall–Kier alpha value is -3.21. The minimum atomic E-state index is -0.398. The van der Waals surface area contributed by atoms with Crippen LogP contribution in [-0.2, 0) is 9.53 Å². The number of anilines is 1. The van der Waals surface area contributed by atoms with E-state index in [0.29, 0.717) is 24.1 Å². The van der Waals surface area contributed by atoms with Crippen molar-refractivity contribution >= 4 is 29.4 Å². The van der Waals surface area contributed by atoms with E-state index in [1.165, 1.54) is 13.2 Å². The summed E-state index contributed by atoms with van der Waals surface area (Å²) in [7, 11) is 1.33. The zero-order valence-corrected chi connectivity index (χ0v) is 14.5. The number of hydrogen-bond donors (Lipinski definition) is 0. The lowest BCUT2D eigenvalue weighted by Crippen LogP contribution is -2.23. The molecule has 1 heterocycles. The van der Waals surface area contributed by atoms with Crippen molar-refractivity contribution in [3.63, 3.8) is 0 Å². The fourth-order valence-electron chi connectivity index (χ4n) is 2.86. The van der Waals surface area contributed by atoms with E-state index in [-0.39, 0.29) is 11.7 Å². The van der Waals surface area contributed by atoms with Crippen LogP contribution < -0.4 is 4.90 Å². The second kappa shape index (κ2) is 7.78. The molecule has 26 heavy (non-hydrogen) atoms. The van der Waals surface area contributed by atoms with Crippen LogP contribution >= 0.6 is 0 Å². The summed E-state index contributed by atoms with van der Waals surface area (Å²) in [5, 5.41) is 0. The number of ether oxygens (including phenoxy) is 1. The molecule has 2 aromatic rings. The highest BCUT2D eigenvalue weighted by Crippen LogP contribution is 2.22. The zero-order valence-electron chi connectivity index (χ0n) is 14.5. The highest BCUT2D eigenvalue weighted by molar-refractivity contribution is 6.08. The summed E-state index contributed by atoms with van der Waals surface area (Å²) in [6.45, 7) is 0.693. The van der Waals surface area contributed by atoms with Crippen LogP contribution in [0, 0.1) is 0 Å². The molecule has 0 radical (unpaired) electrons. The predicted octanol–water partition coefficient (Wildman–Crippen LogP) is 3.50. The number of allylic oxidation sites excluding steroid dienone is 1. The number of nitrogens with zero attached hydrogens (tertiary/aromatic N) is 1. The lowest BCUT2D eigenvalue weighted by atomic mass is 10.1. The molecular formula is C21H19NO4. The van der Waals surface area contributed by atoms with E-state index >= 15 is 0 Å². The normalized spacial score (nSPS) is 14.0. The fraction of sp³-hybridized carbons (Fsp3) is 0.190. The second-order valence-corrected chi connectivity index (χ2v) is 6.01. The van der Waals surface area contributed by atoms with Crippen LogP contribution in [0.15, 0.2) is 54.6 Å². The molecule has 1 aliphatic heterocycles. The Kier molecular flexibility index (Phi) is 5.27. The number of amides is 1. The largest absolute Gasteiger partial charge is 0.465 e. The van der Waals surface area contributed by atoms with Crippen LogP contribution in [-0.4, -0.2) is 31.3 Å². The van der Waals surface area contributed by atoms with Crippen molar-refractivity contribution in [2.24, 2.45) is 0 Å². The topological polar surface area (TPSA) is 63.7 Å². The van der Waals surface area contributed by atoms with Gasteiger partial charge in [-0.15, -0.1) is 0 Å². The quantitative estimate of drug-likeness (QED) is 0.471. The summed E-state index contributed by atoms with van der Waals surface area (Å²) in [6, 6.07) is 13.9. The van der Waals surface area contributed by atoms with E-state index < -0.39 is 5.97 Å². The third-order valence-electron chi connectivity index (χ3n) is 4.27. The lowest BCUT2D eigenvalue weighted by molar-refractivity contribution is -0.117. The highest BCUT2D eigenvalue weighted by atomic mass is 16.5. The van der Waals surface area contributed by atoms with Gasteiger partial charge in [0.15, 0.2) is 5.78 Å². The standard InChI is InChI=1S/C21H19NO4/c1-26-21(25)16-10-7-15(8-11-16)9-12-19(23)17-4-2-5-18(14-17)22-13-3-6-20(22)24/h2,4-5,7-12,14H,3,6,13H2,1H3. The summed E-state index contributed by atoms with van der Waals surface area (Å²) in [4.78, 5) is 37.4. The number of rotatable bonds is 5. The molecule has 0 bridgehead atoms. The Bertz CT molecular complexity index is 868. The van der Waals surface area contributed by atoms with Crippen molar-refractivity contribution in [2.75, 3.05) is 18.6 Å². The molecule has 0 N–H and O–H groups in total. The number of carbonyl (C=O) groups is 3. The zero-order chi connectivity index (χ0) is 18.5. The van der Waals surface area contributed by atoms with Crippen LogP contribution in [0.4, 0.5) is 5.69 Å². The summed E-state index contributed by atoms with van der Waals surface area (Å²) >= 11 is 0. The molecule has 1 aliphatic rings. The van der Waals surface area contributed by atoms with E-state index in [4.69, 9.17) is 0 Å². The smallest absolute Gasteiger partial charge is 0.337 e. The van der Waals surface area contributed by atoms with E-state index in [1.54, 1.807) is 53.4 Å². The third-order valence-corrected chi connectivity index (χ3v) is 4.27. The second-order valence-electron chi connectivity index (χ2n) is 6.01. The average molecular weight is 349 g/mol. The summed E-state index contributed by atoms with van der Waals surface area (Å²) in [6.07, 6.45) is 4.58. The van der Waals surface area contributed by atoms with Crippen molar-refractivity contribution in [3.8, 4) is 0 Å². The first-order valence-corrected chi connectivity index (χ1v) is 8.40. The van der Waals surface area contributed by atoms with Crippen LogP contribution in [0.3, 0.4) is 0 Å². The predicted molar refractivity (Wildman–Crippen MR) is 99.2 cm³/mol. The molecule has 1 fully saturated rings. The Balaban J connectivity index is 1.72. The summed E-state index contributed by atoms with van der Waals surface area (Å²) in [5.74, 6) is -0.448. The number of carbonyl (C=O) groups excluding carboxylic acids is 3. The number of methoxy groups -OCH3 is 1. The highest BCUT2D eigenvalue weighted by Gasteiger charge is 2.22. The molecule has 0 unspecified atom stereocenters. The molecule has 0 atom stereocenters. The minimum absolute atomic E-state index is 0.0934. The van der Waals surface area contributed by atoms with Gasteiger partial charge in [-0.25, -0.2) is 4.79 Å². The van der Waals surface area contributed by atoms with Gasteiger partial charge in [0.2, 0.25) is 5.91 Å². The van der Waals surface area contributed by atoms with Gasteiger partial charge in [-0.3, -0.25) is 9.59 Å². The van der Waals surface area contributed by atoms with Gasteiger partial charge >= 0.3 is 5.97 Å². The molecule has 0 aliphatic carbocycles.